The summed E-state index contributed by atoms with van der Waals surface area (Å²) in [5, 5.41) is 0. The van der Waals surface area contributed by atoms with Crippen LogP contribution < -0.4 is 0 Å². The minimum Gasteiger partial charge on any atom is -0.336 e. The van der Waals surface area contributed by atoms with Crippen LogP contribution in [0, 0.1) is 0 Å². The number of nitrogens with zero attached hydrogens (tertiary/aromatic N) is 5. The molecule has 1 fully saturated rings. The van der Waals surface area contributed by atoms with Gasteiger partial charge in [-0.3, -0.25) is 14.7 Å². The summed E-state index contributed by atoms with van der Waals surface area (Å²) in [5.41, 5.74) is 2.97. The Balaban J connectivity index is 1.68. The number of carbonyl (C=O) groups excluding carboxylic acids is 1. The van der Waals surface area contributed by atoms with Crippen LogP contribution in [0.25, 0.3) is 22.6 Å². The maximum Gasteiger partial charge on any atom is 0.257 e. The van der Waals surface area contributed by atoms with E-state index in [1.807, 2.05) is 47.4 Å². The number of aromatic nitrogens is 3. The standard InChI is InChI=1S/C23H25N5O/c1-17(2)27-12-14-28(15-13-27)23(29)20-16-25-22(19-6-4-3-5-7-19)26-21(20)18-8-10-24-11-9-18/h3-11,16-17H,12-15H2,1-2H3. The van der Waals surface area contributed by atoms with E-state index >= 15 is 0 Å². The zero-order valence-electron chi connectivity index (χ0n) is 16.8. The number of amides is 1. The van der Waals surface area contributed by atoms with Gasteiger partial charge in [0.1, 0.15) is 0 Å². The third-order valence-electron chi connectivity index (χ3n) is 5.34. The number of hydrogen-bond acceptors (Lipinski definition) is 5. The molecule has 0 bridgehead atoms. The molecule has 0 N–H and O–H groups in total. The highest BCUT2D eigenvalue weighted by molar-refractivity contribution is 6.00. The van der Waals surface area contributed by atoms with Crippen molar-refractivity contribution in [3.63, 3.8) is 0 Å². The van der Waals surface area contributed by atoms with E-state index in [1.54, 1.807) is 18.6 Å². The van der Waals surface area contributed by atoms with E-state index < -0.39 is 0 Å². The molecule has 29 heavy (non-hydrogen) atoms. The zero-order chi connectivity index (χ0) is 20.2. The van der Waals surface area contributed by atoms with Crippen LogP contribution >= 0.6 is 0 Å². The number of rotatable bonds is 4. The Bertz CT molecular complexity index is 967. The normalized spacial score (nSPS) is 14.9. The van der Waals surface area contributed by atoms with Crippen LogP contribution in [0.15, 0.2) is 61.1 Å². The van der Waals surface area contributed by atoms with Gasteiger partial charge in [-0.05, 0) is 26.0 Å². The summed E-state index contributed by atoms with van der Waals surface area (Å²) in [7, 11) is 0. The SMILES string of the molecule is CC(C)N1CCN(C(=O)c2cnc(-c3ccccc3)nc2-c2ccncc2)CC1. The molecular weight excluding hydrogens is 362 g/mol. The van der Waals surface area contributed by atoms with Crippen LogP contribution in [0.5, 0.6) is 0 Å². The van der Waals surface area contributed by atoms with Gasteiger partial charge in [0.25, 0.3) is 5.91 Å². The second-order valence-electron chi connectivity index (χ2n) is 7.48. The van der Waals surface area contributed by atoms with Crippen molar-refractivity contribution in [1.82, 2.24) is 24.8 Å². The summed E-state index contributed by atoms with van der Waals surface area (Å²) < 4.78 is 0. The minimum absolute atomic E-state index is 0.0140. The summed E-state index contributed by atoms with van der Waals surface area (Å²) in [6.07, 6.45) is 5.10. The molecule has 1 aromatic carbocycles. The molecule has 2 aromatic heterocycles. The number of piperazine rings is 1. The molecule has 0 saturated carbocycles. The average molecular weight is 387 g/mol. The van der Waals surface area contributed by atoms with Crippen molar-refractivity contribution in [2.45, 2.75) is 19.9 Å². The van der Waals surface area contributed by atoms with Crippen LogP contribution in [-0.4, -0.2) is 62.9 Å². The molecule has 1 aliphatic rings. The van der Waals surface area contributed by atoms with Crippen LogP contribution in [0.2, 0.25) is 0 Å². The molecule has 6 heteroatoms. The van der Waals surface area contributed by atoms with Gasteiger partial charge in [0, 0.05) is 61.9 Å². The molecule has 0 spiro atoms. The number of pyridine rings is 1. The molecule has 0 radical (unpaired) electrons. The third kappa shape index (κ3) is 4.17. The van der Waals surface area contributed by atoms with Crippen molar-refractivity contribution >= 4 is 5.91 Å². The molecule has 4 rings (SSSR count). The molecule has 1 aliphatic heterocycles. The first-order valence-electron chi connectivity index (χ1n) is 9.99. The largest absolute Gasteiger partial charge is 0.336 e. The van der Waals surface area contributed by atoms with Crippen molar-refractivity contribution < 1.29 is 4.79 Å². The smallest absolute Gasteiger partial charge is 0.257 e. The van der Waals surface area contributed by atoms with Crippen LogP contribution in [0.1, 0.15) is 24.2 Å². The maximum atomic E-state index is 13.3. The van der Waals surface area contributed by atoms with Crippen LogP contribution in [-0.2, 0) is 0 Å². The summed E-state index contributed by atoms with van der Waals surface area (Å²) >= 11 is 0. The van der Waals surface area contributed by atoms with E-state index in [2.05, 4.69) is 28.7 Å². The molecule has 148 valence electrons. The molecule has 6 nitrogen and oxygen atoms in total. The van der Waals surface area contributed by atoms with Gasteiger partial charge in [-0.1, -0.05) is 30.3 Å². The molecule has 3 heterocycles. The summed E-state index contributed by atoms with van der Waals surface area (Å²) in [5.74, 6) is 0.596. The first kappa shape index (κ1) is 19.2. The Labute approximate surface area is 171 Å². The fourth-order valence-electron chi connectivity index (χ4n) is 3.61. The molecular formula is C23H25N5O. The van der Waals surface area contributed by atoms with E-state index in [0.29, 0.717) is 36.2 Å². The van der Waals surface area contributed by atoms with Crippen molar-refractivity contribution in [2.24, 2.45) is 0 Å². The van der Waals surface area contributed by atoms with Crippen molar-refractivity contribution in [2.75, 3.05) is 26.2 Å². The lowest BCUT2D eigenvalue weighted by atomic mass is 10.1. The van der Waals surface area contributed by atoms with E-state index in [1.165, 1.54) is 0 Å². The Kier molecular flexibility index (Phi) is 5.62. The Hall–Kier alpha value is -3.12. The van der Waals surface area contributed by atoms with Crippen molar-refractivity contribution in [3.05, 3.63) is 66.6 Å². The number of hydrogen-bond donors (Lipinski definition) is 0. The van der Waals surface area contributed by atoms with Gasteiger partial charge in [-0.2, -0.15) is 0 Å². The lowest BCUT2D eigenvalue weighted by Gasteiger charge is -2.37. The molecule has 1 saturated heterocycles. The Morgan fingerprint density at radius 2 is 1.62 bits per heavy atom. The van der Waals surface area contributed by atoms with Crippen molar-refractivity contribution in [3.8, 4) is 22.6 Å². The zero-order valence-corrected chi connectivity index (χ0v) is 16.8. The van der Waals surface area contributed by atoms with Gasteiger partial charge in [0.05, 0.1) is 11.3 Å². The highest BCUT2D eigenvalue weighted by atomic mass is 16.2. The number of carbonyl (C=O) groups is 1. The lowest BCUT2D eigenvalue weighted by Crippen LogP contribution is -2.50. The van der Waals surface area contributed by atoms with Gasteiger partial charge in [-0.15, -0.1) is 0 Å². The summed E-state index contributed by atoms with van der Waals surface area (Å²) in [6, 6.07) is 14.1. The van der Waals surface area contributed by atoms with Gasteiger partial charge in [-0.25, -0.2) is 9.97 Å². The van der Waals surface area contributed by atoms with Gasteiger partial charge in [0.15, 0.2) is 5.82 Å². The second kappa shape index (κ2) is 8.49. The third-order valence-corrected chi connectivity index (χ3v) is 5.34. The fourth-order valence-corrected chi connectivity index (χ4v) is 3.61. The maximum absolute atomic E-state index is 13.3. The van der Waals surface area contributed by atoms with Gasteiger partial charge in [0.2, 0.25) is 0 Å². The number of benzene rings is 1. The Morgan fingerprint density at radius 3 is 2.28 bits per heavy atom. The minimum atomic E-state index is -0.0140. The topological polar surface area (TPSA) is 62.2 Å². The summed E-state index contributed by atoms with van der Waals surface area (Å²) in [4.78, 5) is 31.0. The quantitative estimate of drug-likeness (QED) is 0.687. The lowest BCUT2D eigenvalue weighted by molar-refractivity contribution is 0.0595. The molecule has 0 unspecified atom stereocenters. The molecule has 1 amide bonds. The Morgan fingerprint density at radius 1 is 0.931 bits per heavy atom. The van der Waals surface area contributed by atoms with Crippen molar-refractivity contribution in [1.29, 1.82) is 0 Å². The molecule has 0 atom stereocenters. The predicted molar refractivity (Wildman–Crippen MR) is 113 cm³/mol. The van der Waals surface area contributed by atoms with E-state index in [4.69, 9.17) is 4.98 Å². The van der Waals surface area contributed by atoms with Crippen LogP contribution in [0.3, 0.4) is 0 Å². The average Bonchev–Trinajstić information content (AvgIpc) is 2.79. The molecule has 3 aromatic rings. The first-order chi connectivity index (χ1) is 14.1. The fraction of sp³-hybridized carbons (Fsp3) is 0.304. The monoisotopic (exact) mass is 387 g/mol. The van der Waals surface area contributed by atoms with Gasteiger partial charge < -0.3 is 4.90 Å². The van der Waals surface area contributed by atoms with E-state index in [9.17, 15) is 4.79 Å². The van der Waals surface area contributed by atoms with Gasteiger partial charge >= 0.3 is 0 Å². The van der Waals surface area contributed by atoms with Crippen LogP contribution in [0.4, 0.5) is 0 Å². The van der Waals surface area contributed by atoms with E-state index in [0.717, 1.165) is 24.2 Å². The highest BCUT2D eigenvalue weighted by Gasteiger charge is 2.26. The first-order valence-corrected chi connectivity index (χ1v) is 9.99. The predicted octanol–water partition coefficient (Wildman–Crippen LogP) is 3.37. The second-order valence-corrected chi connectivity index (χ2v) is 7.48. The summed E-state index contributed by atoms with van der Waals surface area (Å²) in [6.45, 7) is 7.58. The highest BCUT2D eigenvalue weighted by Crippen LogP contribution is 2.25. The molecule has 0 aliphatic carbocycles. The van der Waals surface area contributed by atoms with E-state index in [-0.39, 0.29) is 5.91 Å².